The molecule has 1 aliphatic rings. The lowest BCUT2D eigenvalue weighted by molar-refractivity contribution is 0.0697. The zero-order valence-electron chi connectivity index (χ0n) is 11.0. The SMILES string of the molecule is CC1CCCCC1CNc1nccc(C(=O)O)c1Cl. The van der Waals surface area contributed by atoms with Crippen molar-refractivity contribution < 1.29 is 9.90 Å². The summed E-state index contributed by atoms with van der Waals surface area (Å²) in [4.78, 5) is 15.1. The average Bonchev–Trinajstić information content (AvgIpc) is 2.39. The van der Waals surface area contributed by atoms with Gasteiger partial charge in [-0.2, -0.15) is 0 Å². The molecular formula is C14H19ClN2O2. The number of rotatable bonds is 4. The number of hydrogen-bond donors (Lipinski definition) is 2. The fourth-order valence-electron chi connectivity index (χ4n) is 2.66. The van der Waals surface area contributed by atoms with Crippen molar-refractivity contribution in [2.75, 3.05) is 11.9 Å². The van der Waals surface area contributed by atoms with Crippen molar-refractivity contribution >= 4 is 23.4 Å². The number of halogens is 1. The van der Waals surface area contributed by atoms with Gasteiger partial charge < -0.3 is 10.4 Å². The lowest BCUT2D eigenvalue weighted by Gasteiger charge is -2.29. The minimum Gasteiger partial charge on any atom is -0.478 e. The maximum atomic E-state index is 11.0. The third kappa shape index (κ3) is 3.38. The van der Waals surface area contributed by atoms with Crippen LogP contribution in [0.15, 0.2) is 12.3 Å². The van der Waals surface area contributed by atoms with Gasteiger partial charge in [-0.1, -0.05) is 37.8 Å². The quantitative estimate of drug-likeness (QED) is 0.884. The van der Waals surface area contributed by atoms with Crippen molar-refractivity contribution in [3.05, 3.63) is 22.8 Å². The Kier molecular flexibility index (Phi) is 4.64. The van der Waals surface area contributed by atoms with Crippen LogP contribution in [-0.2, 0) is 0 Å². The maximum absolute atomic E-state index is 11.0. The molecule has 1 saturated carbocycles. The van der Waals surface area contributed by atoms with E-state index in [1.54, 1.807) is 0 Å². The van der Waals surface area contributed by atoms with Gasteiger partial charge in [-0.25, -0.2) is 9.78 Å². The van der Waals surface area contributed by atoms with E-state index in [-0.39, 0.29) is 10.6 Å². The van der Waals surface area contributed by atoms with E-state index < -0.39 is 5.97 Å². The molecule has 1 aromatic rings. The van der Waals surface area contributed by atoms with Gasteiger partial charge in [0.1, 0.15) is 5.82 Å². The smallest absolute Gasteiger partial charge is 0.337 e. The number of aromatic nitrogens is 1. The predicted octanol–water partition coefficient (Wildman–Crippen LogP) is 3.67. The normalized spacial score (nSPS) is 23.1. The number of carbonyl (C=O) groups is 1. The van der Waals surface area contributed by atoms with Crippen molar-refractivity contribution in [2.24, 2.45) is 11.8 Å². The number of carboxylic acid groups (broad SMARTS) is 1. The first kappa shape index (κ1) is 14.1. The minimum atomic E-state index is -1.03. The Balaban J connectivity index is 2.03. The Bertz CT molecular complexity index is 465. The second kappa shape index (κ2) is 6.24. The zero-order valence-corrected chi connectivity index (χ0v) is 11.8. The highest BCUT2D eigenvalue weighted by Crippen LogP contribution is 2.30. The maximum Gasteiger partial charge on any atom is 0.337 e. The van der Waals surface area contributed by atoms with Gasteiger partial charge in [0.2, 0.25) is 0 Å². The molecule has 0 amide bonds. The number of anilines is 1. The fourth-order valence-corrected chi connectivity index (χ4v) is 2.92. The molecular weight excluding hydrogens is 264 g/mol. The molecule has 0 bridgehead atoms. The molecule has 0 aromatic carbocycles. The van der Waals surface area contributed by atoms with E-state index >= 15 is 0 Å². The van der Waals surface area contributed by atoms with E-state index in [1.165, 1.54) is 37.9 Å². The van der Waals surface area contributed by atoms with Crippen molar-refractivity contribution in [1.29, 1.82) is 0 Å². The van der Waals surface area contributed by atoms with Gasteiger partial charge in [-0.3, -0.25) is 0 Å². The van der Waals surface area contributed by atoms with Gasteiger partial charge >= 0.3 is 5.97 Å². The Morgan fingerprint density at radius 3 is 2.95 bits per heavy atom. The fraction of sp³-hybridized carbons (Fsp3) is 0.571. The summed E-state index contributed by atoms with van der Waals surface area (Å²) in [7, 11) is 0. The molecule has 0 saturated heterocycles. The van der Waals surface area contributed by atoms with E-state index in [1.807, 2.05) is 0 Å². The van der Waals surface area contributed by atoms with Crippen molar-refractivity contribution in [1.82, 2.24) is 4.98 Å². The monoisotopic (exact) mass is 282 g/mol. The first-order chi connectivity index (χ1) is 9.09. The van der Waals surface area contributed by atoms with E-state index in [2.05, 4.69) is 17.2 Å². The summed E-state index contributed by atoms with van der Waals surface area (Å²) >= 11 is 6.05. The van der Waals surface area contributed by atoms with Crippen LogP contribution >= 0.6 is 11.6 Å². The highest BCUT2D eigenvalue weighted by atomic mass is 35.5. The second-order valence-corrected chi connectivity index (χ2v) is 5.61. The van der Waals surface area contributed by atoms with Crippen LogP contribution in [0.2, 0.25) is 5.02 Å². The molecule has 0 spiro atoms. The molecule has 5 heteroatoms. The highest BCUT2D eigenvalue weighted by Gasteiger charge is 2.21. The van der Waals surface area contributed by atoms with Gasteiger partial charge in [0.25, 0.3) is 0 Å². The number of hydrogen-bond acceptors (Lipinski definition) is 3. The lowest BCUT2D eigenvalue weighted by atomic mass is 9.80. The highest BCUT2D eigenvalue weighted by molar-refractivity contribution is 6.35. The lowest BCUT2D eigenvalue weighted by Crippen LogP contribution is -2.24. The number of aromatic carboxylic acids is 1. The van der Waals surface area contributed by atoms with Crippen LogP contribution in [0.4, 0.5) is 5.82 Å². The molecule has 1 heterocycles. The first-order valence-corrected chi connectivity index (χ1v) is 7.09. The average molecular weight is 283 g/mol. The third-order valence-corrected chi connectivity index (χ3v) is 4.32. The van der Waals surface area contributed by atoms with Gasteiger partial charge in [-0.05, 0) is 24.3 Å². The van der Waals surface area contributed by atoms with E-state index in [0.29, 0.717) is 17.7 Å². The third-order valence-electron chi connectivity index (χ3n) is 3.94. The Morgan fingerprint density at radius 2 is 2.26 bits per heavy atom. The van der Waals surface area contributed by atoms with Crippen LogP contribution in [0.3, 0.4) is 0 Å². The van der Waals surface area contributed by atoms with Crippen LogP contribution in [0.25, 0.3) is 0 Å². The number of nitrogens with one attached hydrogen (secondary N) is 1. The van der Waals surface area contributed by atoms with Gasteiger partial charge in [0.15, 0.2) is 0 Å². The van der Waals surface area contributed by atoms with Crippen LogP contribution in [0.5, 0.6) is 0 Å². The summed E-state index contributed by atoms with van der Waals surface area (Å²) in [5, 5.41) is 12.4. The molecule has 19 heavy (non-hydrogen) atoms. The van der Waals surface area contributed by atoms with Crippen LogP contribution in [0.1, 0.15) is 43.0 Å². The molecule has 4 nitrogen and oxygen atoms in total. The molecule has 2 unspecified atom stereocenters. The largest absolute Gasteiger partial charge is 0.478 e. The summed E-state index contributed by atoms with van der Waals surface area (Å²) in [6, 6.07) is 1.42. The van der Waals surface area contributed by atoms with Gasteiger partial charge in [0.05, 0.1) is 10.6 Å². The van der Waals surface area contributed by atoms with E-state index in [4.69, 9.17) is 16.7 Å². The molecule has 1 aliphatic carbocycles. The molecule has 2 atom stereocenters. The molecule has 1 aromatic heterocycles. The number of carboxylic acids is 1. The zero-order chi connectivity index (χ0) is 13.8. The number of nitrogens with zero attached hydrogens (tertiary/aromatic N) is 1. The first-order valence-electron chi connectivity index (χ1n) is 6.71. The Labute approximate surface area is 118 Å². The van der Waals surface area contributed by atoms with Crippen LogP contribution < -0.4 is 5.32 Å². The Morgan fingerprint density at radius 1 is 1.53 bits per heavy atom. The van der Waals surface area contributed by atoms with E-state index in [9.17, 15) is 4.79 Å². The molecule has 0 aliphatic heterocycles. The molecule has 2 N–H and O–H groups in total. The van der Waals surface area contributed by atoms with Gasteiger partial charge in [0, 0.05) is 12.7 Å². The summed E-state index contributed by atoms with van der Waals surface area (Å²) in [6.07, 6.45) is 6.53. The van der Waals surface area contributed by atoms with Crippen molar-refractivity contribution in [3.63, 3.8) is 0 Å². The minimum absolute atomic E-state index is 0.0934. The molecule has 104 valence electrons. The van der Waals surface area contributed by atoms with E-state index in [0.717, 1.165) is 6.54 Å². The summed E-state index contributed by atoms with van der Waals surface area (Å²) in [5.41, 5.74) is 0.0934. The second-order valence-electron chi connectivity index (χ2n) is 5.23. The van der Waals surface area contributed by atoms with Crippen molar-refractivity contribution in [2.45, 2.75) is 32.6 Å². The summed E-state index contributed by atoms with van der Waals surface area (Å²) in [5.74, 6) is 0.753. The van der Waals surface area contributed by atoms with Gasteiger partial charge in [-0.15, -0.1) is 0 Å². The predicted molar refractivity (Wildman–Crippen MR) is 75.8 cm³/mol. The standard InChI is InChI=1S/C14H19ClN2O2/c1-9-4-2-3-5-10(9)8-17-13-12(15)11(14(18)19)6-7-16-13/h6-7,9-10H,2-5,8H2,1H3,(H,16,17)(H,18,19). The molecule has 1 fully saturated rings. The van der Waals surface area contributed by atoms with Crippen LogP contribution in [0, 0.1) is 11.8 Å². The molecule has 2 rings (SSSR count). The number of pyridine rings is 1. The topological polar surface area (TPSA) is 62.2 Å². The van der Waals surface area contributed by atoms with Crippen molar-refractivity contribution in [3.8, 4) is 0 Å². The summed E-state index contributed by atoms with van der Waals surface area (Å²) in [6.45, 7) is 3.07. The Hall–Kier alpha value is -1.29. The summed E-state index contributed by atoms with van der Waals surface area (Å²) < 4.78 is 0. The molecule has 0 radical (unpaired) electrons. The van der Waals surface area contributed by atoms with Crippen LogP contribution in [-0.4, -0.2) is 22.6 Å².